The summed E-state index contributed by atoms with van der Waals surface area (Å²) in [6.45, 7) is 8.64. The topological polar surface area (TPSA) is 50.8 Å². The number of likely N-dealkylation sites (tertiary alicyclic amines) is 1. The highest BCUT2D eigenvalue weighted by Crippen LogP contribution is 2.28. The van der Waals surface area contributed by atoms with Gasteiger partial charge in [0.1, 0.15) is 17.1 Å². The summed E-state index contributed by atoms with van der Waals surface area (Å²) in [4.78, 5) is 15.0. The molecule has 0 saturated carbocycles. The molecule has 0 unspecified atom stereocenters. The second kappa shape index (κ2) is 8.92. The molecule has 1 heterocycles. The Hall–Kier alpha value is -1.75. The van der Waals surface area contributed by atoms with Crippen molar-refractivity contribution >= 4 is 5.91 Å². The number of rotatable bonds is 7. The first-order valence-corrected chi connectivity index (χ1v) is 8.76. The zero-order chi connectivity index (χ0) is 17.5. The van der Waals surface area contributed by atoms with Gasteiger partial charge in [0.2, 0.25) is 0 Å². The number of benzene rings is 1. The van der Waals surface area contributed by atoms with E-state index < -0.39 is 0 Å². The Morgan fingerprint density at radius 1 is 1.17 bits per heavy atom. The SMILES string of the molecule is COc1cccc(OC)c1C(=O)NCCCN1C[C@H](C)C[C@H](C)C1. The van der Waals surface area contributed by atoms with E-state index in [4.69, 9.17) is 9.47 Å². The largest absolute Gasteiger partial charge is 0.496 e. The van der Waals surface area contributed by atoms with Crippen molar-refractivity contribution in [3.63, 3.8) is 0 Å². The van der Waals surface area contributed by atoms with Crippen LogP contribution in [0, 0.1) is 11.8 Å². The van der Waals surface area contributed by atoms with Crippen LogP contribution >= 0.6 is 0 Å². The summed E-state index contributed by atoms with van der Waals surface area (Å²) in [6, 6.07) is 5.36. The fourth-order valence-corrected chi connectivity index (χ4v) is 3.64. The van der Waals surface area contributed by atoms with Crippen molar-refractivity contribution in [2.75, 3.05) is 40.4 Å². The smallest absolute Gasteiger partial charge is 0.258 e. The van der Waals surface area contributed by atoms with Gasteiger partial charge in [0.25, 0.3) is 5.91 Å². The minimum absolute atomic E-state index is 0.148. The van der Waals surface area contributed by atoms with Crippen LogP contribution in [0.15, 0.2) is 18.2 Å². The van der Waals surface area contributed by atoms with Crippen LogP contribution in [0.2, 0.25) is 0 Å². The van der Waals surface area contributed by atoms with Gasteiger partial charge in [0.05, 0.1) is 14.2 Å². The minimum atomic E-state index is -0.148. The molecule has 2 rings (SSSR count). The van der Waals surface area contributed by atoms with Gasteiger partial charge in [-0.3, -0.25) is 4.79 Å². The average Bonchev–Trinajstić information content (AvgIpc) is 2.56. The van der Waals surface area contributed by atoms with Gasteiger partial charge in [-0.15, -0.1) is 0 Å². The fraction of sp³-hybridized carbons (Fsp3) is 0.632. The lowest BCUT2D eigenvalue weighted by molar-refractivity contribution is 0.0941. The van der Waals surface area contributed by atoms with E-state index >= 15 is 0 Å². The Bertz CT molecular complexity index is 515. The van der Waals surface area contributed by atoms with Crippen molar-refractivity contribution in [3.05, 3.63) is 23.8 Å². The predicted molar refractivity (Wildman–Crippen MR) is 95.9 cm³/mol. The molecule has 1 aromatic carbocycles. The highest BCUT2D eigenvalue weighted by Gasteiger charge is 2.21. The van der Waals surface area contributed by atoms with Crippen molar-refractivity contribution in [3.8, 4) is 11.5 Å². The zero-order valence-electron chi connectivity index (χ0n) is 15.3. The Balaban J connectivity index is 1.83. The van der Waals surface area contributed by atoms with Gasteiger partial charge in [0.15, 0.2) is 0 Å². The predicted octanol–water partition coefficient (Wildman–Crippen LogP) is 2.80. The van der Waals surface area contributed by atoms with Crippen LogP contribution in [0.1, 0.15) is 37.0 Å². The summed E-state index contributed by atoms with van der Waals surface area (Å²) >= 11 is 0. The number of methoxy groups -OCH3 is 2. The quantitative estimate of drug-likeness (QED) is 0.779. The maximum absolute atomic E-state index is 12.5. The Morgan fingerprint density at radius 3 is 2.29 bits per heavy atom. The number of hydrogen-bond donors (Lipinski definition) is 1. The van der Waals surface area contributed by atoms with E-state index in [-0.39, 0.29) is 5.91 Å². The van der Waals surface area contributed by atoms with Crippen LogP contribution in [-0.4, -0.2) is 51.2 Å². The summed E-state index contributed by atoms with van der Waals surface area (Å²) in [6.07, 6.45) is 2.27. The van der Waals surface area contributed by atoms with Gasteiger partial charge in [0, 0.05) is 19.6 Å². The molecule has 0 bridgehead atoms. The maximum Gasteiger partial charge on any atom is 0.258 e. The normalized spacial score (nSPS) is 21.3. The number of carbonyl (C=O) groups is 1. The van der Waals surface area contributed by atoms with Crippen molar-refractivity contribution in [2.24, 2.45) is 11.8 Å². The number of nitrogens with one attached hydrogen (secondary N) is 1. The molecule has 0 aromatic heterocycles. The first kappa shape index (κ1) is 18.6. The summed E-state index contributed by atoms with van der Waals surface area (Å²) in [5, 5.41) is 2.98. The van der Waals surface area contributed by atoms with Crippen LogP contribution < -0.4 is 14.8 Å². The summed E-state index contributed by atoms with van der Waals surface area (Å²) < 4.78 is 10.6. The molecule has 0 radical (unpaired) electrons. The highest BCUT2D eigenvalue weighted by molar-refractivity contribution is 5.99. The highest BCUT2D eigenvalue weighted by atomic mass is 16.5. The molecule has 1 N–H and O–H groups in total. The van der Waals surface area contributed by atoms with Gasteiger partial charge in [-0.05, 0) is 43.4 Å². The van der Waals surface area contributed by atoms with Gasteiger partial charge >= 0.3 is 0 Å². The van der Waals surface area contributed by atoms with Crippen molar-refractivity contribution in [2.45, 2.75) is 26.7 Å². The average molecular weight is 334 g/mol. The molecule has 1 aromatic rings. The van der Waals surface area contributed by atoms with Crippen LogP contribution in [0.5, 0.6) is 11.5 Å². The lowest BCUT2D eigenvalue weighted by Crippen LogP contribution is -2.40. The van der Waals surface area contributed by atoms with Crippen LogP contribution in [0.4, 0.5) is 0 Å². The van der Waals surface area contributed by atoms with E-state index in [1.807, 2.05) is 6.07 Å². The molecule has 1 fully saturated rings. The molecule has 1 aliphatic heterocycles. The summed E-state index contributed by atoms with van der Waals surface area (Å²) in [5.41, 5.74) is 0.461. The van der Waals surface area contributed by atoms with E-state index in [0.29, 0.717) is 23.6 Å². The molecule has 134 valence electrons. The molecule has 0 spiro atoms. The van der Waals surface area contributed by atoms with Crippen molar-refractivity contribution in [1.29, 1.82) is 0 Å². The molecule has 0 aliphatic carbocycles. The second-order valence-corrected chi connectivity index (χ2v) is 6.85. The van der Waals surface area contributed by atoms with Gasteiger partial charge in [-0.2, -0.15) is 0 Å². The number of amides is 1. The number of nitrogens with zero attached hydrogens (tertiary/aromatic N) is 1. The molecule has 1 saturated heterocycles. The Labute approximate surface area is 145 Å². The van der Waals surface area contributed by atoms with Gasteiger partial charge in [-0.1, -0.05) is 19.9 Å². The number of piperidine rings is 1. The number of hydrogen-bond acceptors (Lipinski definition) is 4. The molecule has 5 nitrogen and oxygen atoms in total. The molecular formula is C19H30N2O3. The Morgan fingerprint density at radius 2 is 1.75 bits per heavy atom. The first-order valence-electron chi connectivity index (χ1n) is 8.76. The lowest BCUT2D eigenvalue weighted by atomic mass is 9.92. The van der Waals surface area contributed by atoms with E-state index in [2.05, 4.69) is 24.1 Å². The molecule has 1 amide bonds. The molecule has 24 heavy (non-hydrogen) atoms. The van der Waals surface area contributed by atoms with Crippen molar-refractivity contribution < 1.29 is 14.3 Å². The minimum Gasteiger partial charge on any atom is -0.496 e. The third-order valence-electron chi connectivity index (χ3n) is 4.54. The van der Waals surface area contributed by atoms with E-state index in [1.165, 1.54) is 19.5 Å². The van der Waals surface area contributed by atoms with Crippen LogP contribution in [0.25, 0.3) is 0 Å². The molecule has 5 heteroatoms. The standard InChI is InChI=1S/C19H30N2O3/c1-14-11-15(2)13-21(12-14)10-6-9-20-19(22)18-16(23-3)7-5-8-17(18)24-4/h5,7-8,14-15H,6,9-13H2,1-4H3,(H,20,22)/t14-,15+. The Kier molecular flexibility index (Phi) is 6.91. The fourth-order valence-electron chi connectivity index (χ4n) is 3.64. The molecule has 1 aliphatic rings. The van der Waals surface area contributed by atoms with Gasteiger partial charge in [-0.25, -0.2) is 0 Å². The molecule has 2 atom stereocenters. The van der Waals surface area contributed by atoms with E-state index in [0.717, 1.165) is 24.8 Å². The lowest BCUT2D eigenvalue weighted by Gasteiger charge is -2.34. The molecular weight excluding hydrogens is 304 g/mol. The van der Waals surface area contributed by atoms with Crippen LogP contribution in [0.3, 0.4) is 0 Å². The third-order valence-corrected chi connectivity index (χ3v) is 4.54. The van der Waals surface area contributed by atoms with Gasteiger partial charge < -0.3 is 19.7 Å². The maximum atomic E-state index is 12.5. The van der Waals surface area contributed by atoms with E-state index in [1.54, 1.807) is 26.4 Å². The third kappa shape index (κ3) is 4.87. The van der Waals surface area contributed by atoms with E-state index in [9.17, 15) is 4.79 Å². The summed E-state index contributed by atoms with van der Waals surface area (Å²) in [7, 11) is 3.12. The monoisotopic (exact) mass is 334 g/mol. The number of carbonyl (C=O) groups excluding carboxylic acids is 1. The van der Waals surface area contributed by atoms with Crippen LogP contribution in [-0.2, 0) is 0 Å². The second-order valence-electron chi connectivity index (χ2n) is 6.85. The summed E-state index contributed by atoms with van der Waals surface area (Å²) in [5.74, 6) is 2.45. The number of ether oxygens (including phenoxy) is 2. The van der Waals surface area contributed by atoms with Crippen molar-refractivity contribution in [1.82, 2.24) is 10.2 Å². The first-order chi connectivity index (χ1) is 11.5. The zero-order valence-corrected chi connectivity index (χ0v) is 15.3.